The summed E-state index contributed by atoms with van der Waals surface area (Å²) in [6, 6.07) is 23.1. The number of carbonyl (C=O) groups excluding carboxylic acids is 2. The van der Waals surface area contributed by atoms with E-state index >= 15 is 0 Å². The van der Waals surface area contributed by atoms with Gasteiger partial charge in [0.25, 0.3) is 5.91 Å². The highest BCUT2D eigenvalue weighted by Gasteiger charge is 2.23. The van der Waals surface area contributed by atoms with Gasteiger partial charge >= 0.3 is 0 Å². The third kappa shape index (κ3) is 5.89. The van der Waals surface area contributed by atoms with Crippen LogP contribution < -0.4 is 10.2 Å². The number of aromatic nitrogens is 4. The van der Waals surface area contributed by atoms with Crippen LogP contribution in [0.5, 0.6) is 0 Å². The molecule has 0 spiro atoms. The van der Waals surface area contributed by atoms with Crippen molar-refractivity contribution in [2.75, 3.05) is 42.1 Å². The molecule has 0 bridgehead atoms. The maximum absolute atomic E-state index is 12.9. The Bertz CT molecular complexity index is 1440. The summed E-state index contributed by atoms with van der Waals surface area (Å²) in [6.07, 6.45) is 0. The molecule has 0 atom stereocenters. The molecule has 0 radical (unpaired) electrons. The lowest BCUT2D eigenvalue weighted by atomic mass is 10.1. The van der Waals surface area contributed by atoms with E-state index in [4.69, 9.17) is 0 Å². The molecule has 11 heteroatoms. The number of aryl methyl sites for hydroxylation is 1. The van der Waals surface area contributed by atoms with Crippen molar-refractivity contribution >= 4 is 50.9 Å². The molecule has 0 unspecified atom stereocenters. The molecule has 2 heterocycles. The van der Waals surface area contributed by atoms with Gasteiger partial charge in [0.1, 0.15) is 0 Å². The third-order valence-electron chi connectivity index (χ3n) is 6.30. The molecule has 1 saturated heterocycles. The van der Waals surface area contributed by atoms with Gasteiger partial charge in [0.05, 0.1) is 17.0 Å². The molecule has 1 aromatic heterocycles. The van der Waals surface area contributed by atoms with Crippen molar-refractivity contribution in [1.82, 2.24) is 25.1 Å². The number of tetrazole rings is 1. The Morgan fingerprint density at radius 3 is 2.39 bits per heavy atom. The van der Waals surface area contributed by atoms with E-state index in [0.29, 0.717) is 23.8 Å². The first-order valence-electron chi connectivity index (χ1n) is 12.2. The number of carbonyl (C=O) groups is 2. The highest BCUT2D eigenvalue weighted by molar-refractivity contribution is 9.10. The van der Waals surface area contributed by atoms with Gasteiger partial charge in [-0.25, -0.2) is 0 Å². The predicted octanol–water partition coefficient (Wildman–Crippen LogP) is 4.43. The maximum Gasteiger partial charge on any atom is 0.255 e. The van der Waals surface area contributed by atoms with Crippen LogP contribution in [0, 0.1) is 6.92 Å². The predicted molar refractivity (Wildman–Crippen MR) is 152 cm³/mol. The maximum atomic E-state index is 12.9. The van der Waals surface area contributed by atoms with Crippen molar-refractivity contribution < 1.29 is 9.59 Å². The number of amides is 2. The van der Waals surface area contributed by atoms with Gasteiger partial charge in [0.2, 0.25) is 11.1 Å². The standard InChI is InChI=1S/C27H26BrN7O2S/c1-19-6-2-5-9-24(19)35-27(30-31-32-35)38-18-25(36)29-20-10-12-21(13-11-20)33-14-16-34(17-15-33)26(37)22-7-3-4-8-23(22)28/h2-13H,14-18H2,1H3,(H,29,36). The molecule has 5 rings (SSSR count). The van der Waals surface area contributed by atoms with Crippen molar-refractivity contribution in [1.29, 1.82) is 0 Å². The van der Waals surface area contributed by atoms with Gasteiger partial charge in [0, 0.05) is 42.0 Å². The summed E-state index contributed by atoms with van der Waals surface area (Å²) < 4.78 is 2.46. The van der Waals surface area contributed by atoms with Gasteiger partial charge in [0.15, 0.2) is 0 Å². The van der Waals surface area contributed by atoms with Crippen LogP contribution in [0.4, 0.5) is 11.4 Å². The summed E-state index contributed by atoms with van der Waals surface area (Å²) in [6.45, 7) is 4.78. The Balaban J connectivity index is 1.12. The van der Waals surface area contributed by atoms with Gasteiger partial charge in [-0.1, -0.05) is 42.1 Å². The lowest BCUT2D eigenvalue weighted by Gasteiger charge is -2.36. The topological polar surface area (TPSA) is 96.2 Å². The normalized spacial score (nSPS) is 13.4. The van der Waals surface area contributed by atoms with E-state index in [1.807, 2.05) is 84.6 Å². The number of thioether (sulfide) groups is 1. The molecular weight excluding hydrogens is 566 g/mol. The highest BCUT2D eigenvalue weighted by atomic mass is 79.9. The van der Waals surface area contributed by atoms with Crippen LogP contribution in [0.2, 0.25) is 0 Å². The summed E-state index contributed by atoms with van der Waals surface area (Å²) in [4.78, 5) is 29.6. The van der Waals surface area contributed by atoms with Gasteiger partial charge in [-0.05, 0) is 81.3 Å². The van der Waals surface area contributed by atoms with Crippen molar-refractivity contribution in [3.8, 4) is 5.69 Å². The Hall–Kier alpha value is -3.70. The molecule has 9 nitrogen and oxygen atoms in total. The van der Waals surface area contributed by atoms with Gasteiger partial charge in [-0.2, -0.15) is 4.68 Å². The van der Waals surface area contributed by atoms with Crippen LogP contribution in [-0.4, -0.2) is 68.9 Å². The first-order chi connectivity index (χ1) is 18.5. The van der Waals surface area contributed by atoms with Crippen LogP contribution >= 0.6 is 27.7 Å². The minimum atomic E-state index is -0.138. The Morgan fingerprint density at radius 2 is 1.66 bits per heavy atom. The number of para-hydroxylation sites is 1. The smallest absolute Gasteiger partial charge is 0.255 e. The third-order valence-corrected chi connectivity index (χ3v) is 7.92. The molecule has 1 aliphatic heterocycles. The van der Waals surface area contributed by atoms with Crippen LogP contribution in [0.1, 0.15) is 15.9 Å². The number of hydrogen-bond donors (Lipinski definition) is 1. The number of nitrogens with one attached hydrogen (secondary N) is 1. The average Bonchev–Trinajstić information content (AvgIpc) is 3.41. The fraction of sp³-hybridized carbons (Fsp3) is 0.222. The Morgan fingerprint density at radius 1 is 0.947 bits per heavy atom. The van der Waals surface area contributed by atoms with E-state index in [-0.39, 0.29) is 17.6 Å². The molecule has 3 aromatic carbocycles. The number of halogens is 1. The lowest BCUT2D eigenvalue weighted by Crippen LogP contribution is -2.48. The van der Waals surface area contributed by atoms with E-state index in [1.165, 1.54) is 11.8 Å². The number of piperazine rings is 1. The second-order valence-electron chi connectivity index (χ2n) is 8.80. The van der Waals surface area contributed by atoms with Crippen molar-refractivity contribution in [3.05, 3.63) is 88.4 Å². The minimum Gasteiger partial charge on any atom is -0.368 e. The van der Waals surface area contributed by atoms with Crippen molar-refractivity contribution in [3.63, 3.8) is 0 Å². The van der Waals surface area contributed by atoms with E-state index in [0.717, 1.165) is 40.2 Å². The fourth-order valence-corrected chi connectivity index (χ4v) is 5.41. The van der Waals surface area contributed by atoms with Crippen molar-refractivity contribution in [2.24, 2.45) is 0 Å². The van der Waals surface area contributed by atoms with Crippen LogP contribution in [0.15, 0.2) is 82.4 Å². The van der Waals surface area contributed by atoms with Gasteiger partial charge < -0.3 is 15.1 Å². The zero-order chi connectivity index (χ0) is 26.5. The summed E-state index contributed by atoms with van der Waals surface area (Å²) in [5.74, 6) is 0.0869. The fourth-order valence-electron chi connectivity index (χ4n) is 4.28. The van der Waals surface area contributed by atoms with Gasteiger partial charge in [-0.15, -0.1) is 5.10 Å². The first-order valence-corrected chi connectivity index (χ1v) is 13.9. The zero-order valence-electron chi connectivity index (χ0n) is 20.7. The van der Waals surface area contributed by atoms with E-state index in [2.05, 4.69) is 41.7 Å². The summed E-state index contributed by atoms with van der Waals surface area (Å²) in [5, 5.41) is 15.4. The van der Waals surface area contributed by atoms with Crippen LogP contribution in [0.3, 0.4) is 0 Å². The van der Waals surface area contributed by atoms with Crippen LogP contribution in [-0.2, 0) is 4.79 Å². The Kier molecular flexibility index (Phi) is 8.04. The zero-order valence-corrected chi connectivity index (χ0v) is 23.2. The Labute approximate surface area is 233 Å². The molecule has 1 fully saturated rings. The van der Waals surface area contributed by atoms with E-state index < -0.39 is 0 Å². The summed E-state index contributed by atoms with van der Waals surface area (Å²) >= 11 is 4.76. The largest absolute Gasteiger partial charge is 0.368 e. The number of anilines is 2. The second kappa shape index (κ2) is 11.8. The minimum absolute atomic E-state index is 0.0426. The number of nitrogens with zero attached hydrogens (tertiary/aromatic N) is 6. The average molecular weight is 593 g/mol. The molecular formula is C27H26BrN7O2S. The van der Waals surface area contributed by atoms with Gasteiger partial charge in [-0.3, -0.25) is 9.59 Å². The number of hydrogen-bond acceptors (Lipinski definition) is 7. The van der Waals surface area contributed by atoms with E-state index in [9.17, 15) is 9.59 Å². The molecule has 194 valence electrons. The quantitative estimate of drug-likeness (QED) is 0.318. The molecule has 2 amide bonds. The summed E-state index contributed by atoms with van der Waals surface area (Å²) in [7, 11) is 0. The molecule has 1 aliphatic rings. The molecule has 1 N–H and O–H groups in total. The second-order valence-corrected chi connectivity index (χ2v) is 10.6. The lowest BCUT2D eigenvalue weighted by molar-refractivity contribution is -0.113. The van der Waals surface area contributed by atoms with Crippen molar-refractivity contribution in [2.45, 2.75) is 12.1 Å². The SMILES string of the molecule is Cc1ccccc1-n1nnnc1SCC(=O)Nc1ccc(N2CCN(C(=O)c3ccccc3Br)CC2)cc1. The first kappa shape index (κ1) is 25.9. The molecule has 0 saturated carbocycles. The van der Waals surface area contributed by atoms with Crippen LogP contribution in [0.25, 0.3) is 5.69 Å². The highest BCUT2D eigenvalue weighted by Crippen LogP contribution is 2.24. The molecule has 0 aliphatic carbocycles. The molecule has 4 aromatic rings. The monoisotopic (exact) mass is 591 g/mol. The van der Waals surface area contributed by atoms with E-state index in [1.54, 1.807) is 4.68 Å². The number of rotatable bonds is 7. The summed E-state index contributed by atoms with van der Waals surface area (Å²) in [5.41, 5.74) is 4.40. The molecule has 38 heavy (non-hydrogen) atoms. The number of benzene rings is 3.